The third kappa shape index (κ3) is 5.07. The molecule has 1 heterocycles. The predicted octanol–water partition coefficient (Wildman–Crippen LogP) is 4.00. The van der Waals surface area contributed by atoms with Crippen LogP contribution in [0.1, 0.15) is 11.1 Å². The van der Waals surface area contributed by atoms with E-state index in [1.807, 2.05) is 48.5 Å². The Bertz CT molecular complexity index is 1290. The van der Waals surface area contributed by atoms with Crippen molar-refractivity contribution >= 4 is 31.6 Å². The van der Waals surface area contributed by atoms with Gasteiger partial charge < -0.3 is 14.6 Å². The van der Waals surface area contributed by atoms with Gasteiger partial charge in [-0.05, 0) is 47.5 Å². The second-order valence-electron chi connectivity index (χ2n) is 7.34. The van der Waals surface area contributed by atoms with Crippen LogP contribution in [0.2, 0.25) is 0 Å². The van der Waals surface area contributed by atoms with Gasteiger partial charge in [0.15, 0.2) is 0 Å². The number of benzene rings is 3. The lowest BCUT2D eigenvalue weighted by Crippen LogP contribution is -2.42. The number of methoxy groups -OCH3 is 2. The highest BCUT2D eigenvalue weighted by molar-refractivity contribution is 7.89. The maximum Gasteiger partial charge on any atom is 0.240 e. The van der Waals surface area contributed by atoms with Crippen LogP contribution in [0.4, 0.5) is 0 Å². The molecule has 4 aromatic rings. The summed E-state index contributed by atoms with van der Waals surface area (Å²) >= 11 is 1.41. The number of sulfonamides is 1. The molecule has 4 rings (SSSR count). The number of nitrogens with zero attached hydrogens (tertiary/aromatic N) is 1. The molecule has 172 valence electrons. The summed E-state index contributed by atoms with van der Waals surface area (Å²) in [5, 5.41) is 10.6. The second-order valence-corrected chi connectivity index (χ2v) is 10.1. The van der Waals surface area contributed by atoms with E-state index < -0.39 is 28.8 Å². The minimum Gasteiger partial charge on any atom is -0.497 e. The molecule has 0 bridgehead atoms. The number of hydrogen-bond acceptors (Lipinski definition) is 7. The quantitative estimate of drug-likeness (QED) is 0.373. The Morgan fingerprint density at radius 3 is 2.18 bits per heavy atom. The Hall–Kier alpha value is -2.82. The summed E-state index contributed by atoms with van der Waals surface area (Å²) in [7, 11) is -0.835. The van der Waals surface area contributed by atoms with Crippen LogP contribution in [-0.4, -0.2) is 45.4 Å². The highest BCUT2D eigenvalue weighted by Crippen LogP contribution is 2.31. The smallest absolute Gasteiger partial charge is 0.240 e. The van der Waals surface area contributed by atoms with Gasteiger partial charge in [-0.25, -0.2) is 18.1 Å². The maximum atomic E-state index is 13.0. The zero-order chi connectivity index (χ0) is 23.4. The molecule has 0 aliphatic rings. The van der Waals surface area contributed by atoms with E-state index >= 15 is 0 Å². The first kappa shape index (κ1) is 23.3. The summed E-state index contributed by atoms with van der Waals surface area (Å²) in [4.78, 5) is 4.65. The van der Waals surface area contributed by atoms with Gasteiger partial charge in [0.05, 0.1) is 34.9 Å². The number of rotatable bonds is 9. The van der Waals surface area contributed by atoms with Gasteiger partial charge >= 0.3 is 0 Å². The third-order valence-corrected chi connectivity index (χ3v) is 7.87. The molecule has 2 N–H and O–H groups in total. The lowest BCUT2D eigenvalue weighted by atomic mass is 10.1. The normalized spacial score (nSPS) is 13.7. The summed E-state index contributed by atoms with van der Waals surface area (Å²) in [6.07, 6.45) is -0.735. The zero-order valence-electron chi connectivity index (χ0n) is 18.1. The number of aliphatic hydroxyl groups is 1. The van der Waals surface area contributed by atoms with Gasteiger partial charge in [0.25, 0.3) is 0 Å². The SMILES string of the molecule is COc1ccc(-c2ccc(S(=O)(=O)NC(CO)C(OC)c3nc4ccccc4s3)cc2)cc1. The molecule has 2 unspecified atom stereocenters. The second kappa shape index (κ2) is 9.98. The van der Waals surface area contributed by atoms with E-state index in [4.69, 9.17) is 9.47 Å². The van der Waals surface area contributed by atoms with E-state index in [9.17, 15) is 13.5 Å². The zero-order valence-corrected chi connectivity index (χ0v) is 19.8. The van der Waals surface area contributed by atoms with Gasteiger partial charge in [0, 0.05) is 7.11 Å². The molecule has 33 heavy (non-hydrogen) atoms. The van der Waals surface area contributed by atoms with Crippen molar-refractivity contribution in [2.24, 2.45) is 0 Å². The molecule has 2 atom stereocenters. The molecule has 0 aliphatic carbocycles. The average molecular weight is 485 g/mol. The maximum absolute atomic E-state index is 13.0. The lowest BCUT2D eigenvalue weighted by Gasteiger charge is -2.23. The predicted molar refractivity (Wildman–Crippen MR) is 129 cm³/mol. The van der Waals surface area contributed by atoms with Crippen molar-refractivity contribution in [3.8, 4) is 16.9 Å². The molecule has 3 aromatic carbocycles. The number of hydrogen-bond donors (Lipinski definition) is 2. The average Bonchev–Trinajstić information content (AvgIpc) is 3.27. The molecule has 0 saturated carbocycles. The molecular weight excluding hydrogens is 460 g/mol. The number of ether oxygens (including phenoxy) is 2. The molecule has 0 fully saturated rings. The summed E-state index contributed by atoms with van der Waals surface area (Å²) in [5.74, 6) is 0.748. The van der Waals surface area contributed by atoms with Crippen molar-refractivity contribution < 1.29 is 23.0 Å². The van der Waals surface area contributed by atoms with E-state index in [1.165, 1.54) is 30.6 Å². The largest absolute Gasteiger partial charge is 0.497 e. The fraction of sp³-hybridized carbons (Fsp3) is 0.208. The molecule has 0 radical (unpaired) electrons. The van der Waals surface area contributed by atoms with E-state index in [2.05, 4.69) is 9.71 Å². The summed E-state index contributed by atoms with van der Waals surface area (Å²) < 4.78 is 40.3. The molecule has 7 nitrogen and oxygen atoms in total. The Balaban J connectivity index is 1.55. The van der Waals surface area contributed by atoms with Crippen molar-refractivity contribution in [3.05, 3.63) is 77.8 Å². The highest BCUT2D eigenvalue weighted by atomic mass is 32.2. The third-order valence-electron chi connectivity index (χ3n) is 5.26. The Labute approximate surface area is 196 Å². The summed E-state index contributed by atoms with van der Waals surface area (Å²) in [6.45, 7) is -0.447. The van der Waals surface area contributed by atoms with Crippen LogP contribution in [0.25, 0.3) is 21.3 Å². The molecule has 9 heteroatoms. The number of thiazole rings is 1. The molecular formula is C24H24N2O5S2. The van der Waals surface area contributed by atoms with Crippen LogP contribution in [0, 0.1) is 0 Å². The van der Waals surface area contributed by atoms with Crippen molar-refractivity contribution in [1.82, 2.24) is 9.71 Å². The minimum atomic E-state index is -3.91. The van der Waals surface area contributed by atoms with Crippen LogP contribution in [0.3, 0.4) is 0 Å². The highest BCUT2D eigenvalue weighted by Gasteiger charge is 2.30. The first-order valence-corrected chi connectivity index (χ1v) is 12.5. The summed E-state index contributed by atoms with van der Waals surface area (Å²) in [5.41, 5.74) is 2.61. The van der Waals surface area contributed by atoms with E-state index in [0.29, 0.717) is 5.01 Å². The van der Waals surface area contributed by atoms with Gasteiger partial charge in [0.1, 0.15) is 16.9 Å². The van der Waals surface area contributed by atoms with Crippen LogP contribution in [0.15, 0.2) is 77.7 Å². The Morgan fingerprint density at radius 1 is 0.970 bits per heavy atom. The number of aliphatic hydroxyl groups excluding tert-OH is 1. The Morgan fingerprint density at radius 2 is 1.61 bits per heavy atom. The Kier molecular flexibility index (Phi) is 7.06. The molecule has 0 saturated heterocycles. The topological polar surface area (TPSA) is 97.8 Å². The molecule has 0 spiro atoms. The molecule has 1 aromatic heterocycles. The van der Waals surface area contributed by atoms with Gasteiger partial charge in [-0.2, -0.15) is 0 Å². The first-order chi connectivity index (χ1) is 15.9. The minimum absolute atomic E-state index is 0.0948. The van der Waals surface area contributed by atoms with Gasteiger partial charge in [-0.1, -0.05) is 36.4 Å². The van der Waals surface area contributed by atoms with Crippen LogP contribution in [-0.2, 0) is 14.8 Å². The fourth-order valence-electron chi connectivity index (χ4n) is 3.52. The van der Waals surface area contributed by atoms with Gasteiger partial charge in [-0.15, -0.1) is 11.3 Å². The molecule has 0 aliphatic heterocycles. The van der Waals surface area contributed by atoms with Crippen molar-refractivity contribution in [2.75, 3.05) is 20.8 Å². The van der Waals surface area contributed by atoms with E-state index in [1.54, 1.807) is 19.2 Å². The lowest BCUT2D eigenvalue weighted by molar-refractivity contribution is 0.0530. The van der Waals surface area contributed by atoms with Gasteiger partial charge in [-0.3, -0.25) is 0 Å². The van der Waals surface area contributed by atoms with E-state index in [0.717, 1.165) is 27.1 Å². The van der Waals surface area contributed by atoms with Crippen LogP contribution >= 0.6 is 11.3 Å². The standard InChI is InChI=1S/C24H24N2O5S2/c1-30-18-11-7-16(8-12-18)17-9-13-19(14-10-17)33(28,29)26-21(15-27)23(31-2)24-25-20-5-3-4-6-22(20)32-24/h3-14,21,23,26-27H,15H2,1-2H3. The summed E-state index contributed by atoms with van der Waals surface area (Å²) in [6, 6.07) is 20.8. The van der Waals surface area contributed by atoms with Crippen molar-refractivity contribution in [3.63, 3.8) is 0 Å². The monoisotopic (exact) mass is 484 g/mol. The number of aromatic nitrogens is 1. The number of fused-ring (bicyclic) bond motifs is 1. The van der Waals surface area contributed by atoms with Crippen LogP contribution in [0.5, 0.6) is 5.75 Å². The fourth-order valence-corrected chi connectivity index (χ4v) is 5.86. The van der Waals surface area contributed by atoms with Crippen molar-refractivity contribution in [1.29, 1.82) is 0 Å². The van der Waals surface area contributed by atoms with E-state index in [-0.39, 0.29) is 4.90 Å². The first-order valence-electron chi connectivity index (χ1n) is 10.2. The van der Waals surface area contributed by atoms with Gasteiger partial charge in [0.2, 0.25) is 10.0 Å². The van der Waals surface area contributed by atoms with Crippen LogP contribution < -0.4 is 9.46 Å². The number of para-hydroxylation sites is 1. The molecule has 0 amide bonds. The van der Waals surface area contributed by atoms with Crippen molar-refractivity contribution in [2.45, 2.75) is 17.0 Å². The number of nitrogens with one attached hydrogen (secondary N) is 1.